The van der Waals surface area contributed by atoms with Gasteiger partial charge in [-0.2, -0.15) is 5.26 Å². The molecule has 0 radical (unpaired) electrons. The quantitative estimate of drug-likeness (QED) is 0.341. The van der Waals surface area contributed by atoms with Crippen LogP contribution in [-0.4, -0.2) is 61.5 Å². The maximum absolute atomic E-state index is 13.0. The molecule has 0 bridgehead atoms. The van der Waals surface area contributed by atoms with E-state index in [0.29, 0.717) is 26.0 Å². The summed E-state index contributed by atoms with van der Waals surface area (Å²) in [5.74, 6) is -0.553. The molecule has 3 amide bonds. The maximum Gasteiger partial charge on any atom is 0.408 e. The first-order chi connectivity index (χ1) is 15.4. The second kappa shape index (κ2) is 11.7. The van der Waals surface area contributed by atoms with E-state index in [2.05, 4.69) is 16.0 Å². The van der Waals surface area contributed by atoms with Crippen molar-refractivity contribution >= 4 is 29.7 Å². The minimum Gasteiger partial charge on any atom is -0.443 e. The Kier molecular flexibility index (Phi) is 9.02. The fraction of sp³-hybridized carbons (Fsp3) is 0.810. The number of rotatable bonds is 9. The molecule has 0 aliphatic carbocycles. The van der Waals surface area contributed by atoms with Gasteiger partial charge in [-0.15, -0.1) is 0 Å². The van der Waals surface area contributed by atoms with Crippen LogP contribution in [0, 0.1) is 28.4 Å². The Bertz CT molecular complexity index is 730. The number of hydrogen-bond donors (Lipinski definition) is 3. The molecule has 0 aromatic heterocycles. The van der Waals surface area contributed by atoms with Gasteiger partial charge in [0, 0.05) is 12.5 Å². The fourth-order valence-electron chi connectivity index (χ4n) is 4.34. The number of thioether (sulfide) groups is 1. The van der Waals surface area contributed by atoms with Gasteiger partial charge in [-0.05, 0) is 49.8 Å². The largest absolute Gasteiger partial charge is 0.443 e. The number of carbonyl (C=O) groups is 3. The van der Waals surface area contributed by atoms with Gasteiger partial charge in [0.2, 0.25) is 11.8 Å². The van der Waals surface area contributed by atoms with Gasteiger partial charge in [0.1, 0.15) is 17.5 Å². The lowest BCUT2D eigenvalue weighted by Gasteiger charge is -2.27. The van der Waals surface area contributed by atoms with Gasteiger partial charge in [0.05, 0.1) is 24.5 Å². The third-order valence-corrected chi connectivity index (χ3v) is 6.66. The summed E-state index contributed by atoms with van der Waals surface area (Å²) in [4.78, 5) is 37.6. The Morgan fingerprint density at radius 2 is 2.12 bits per heavy atom. The average molecular weight is 469 g/mol. The number of nitrogens with one attached hydrogen (secondary N) is 3. The number of amides is 3. The predicted octanol–water partition coefficient (Wildman–Crippen LogP) is 1.46. The van der Waals surface area contributed by atoms with Gasteiger partial charge in [0.15, 0.2) is 6.29 Å². The van der Waals surface area contributed by atoms with Crippen molar-refractivity contribution in [1.29, 1.82) is 5.26 Å². The monoisotopic (exact) mass is 468 g/mol. The Hall–Kier alpha value is -2.03. The average Bonchev–Trinajstić information content (AvgIpc) is 3.34. The van der Waals surface area contributed by atoms with Crippen molar-refractivity contribution in [3.8, 4) is 5.40 Å². The molecule has 178 valence electrons. The summed E-state index contributed by atoms with van der Waals surface area (Å²) >= 11 is 0.911. The third-order valence-electron chi connectivity index (χ3n) is 5.96. The topological polar surface area (TPSA) is 139 Å². The summed E-state index contributed by atoms with van der Waals surface area (Å²) in [5, 5.41) is 18.9. The summed E-state index contributed by atoms with van der Waals surface area (Å²) in [6, 6.07) is -0.817. The minimum atomic E-state index is -0.817. The number of carbonyl (C=O) groups excluding carboxylic acids is 3. The number of alkyl carbamates (subject to hydrolysis) is 1. The van der Waals surface area contributed by atoms with Crippen LogP contribution in [0.3, 0.4) is 0 Å². The molecule has 3 saturated heterocycles. The number of nitriles is 1. The van der Waals surface area contributed by atoms with Crippen molar-refractivity contribution in [3.63, 3.8) is 0 Å². The van der Waals surface area contributed by atoms with Gasteiger partial charge >= 0.3 is 6.09 Å². The molecule has 0 spiro atoms. The SMILES string of the molecule is CC(C)C[C@H](NC(=O)O[C@@H]1CO[C@@H]2OCC[C@@H]21)C(=O)N[C@@H](CC1CCCNC1=O)SC#N. The summed E-state index contributed by atoms with van der Waals surface area (Å²) in [5.41, 5.74) is 0. The van der Waals surface area contributed by atoms with Crippen molar-refractivity contribution in [3.05, 3.63) is 0 Å². The van der Waals surface area contributed by atoms with Crippen LogP contribution in [-0.2, 0) is 23.8 Å². The van der Waals surface area contributed by atoms with Gasteiger partial charge < -0.3 is 30.2 Å². The van der Waals surface area contributed by atoms with Crippen LogP contribution in [0.5, 0.6) is 0 Å². The Labute approximate surface area is 192 Å². The Morgan fingerprint density at radius 1 is 1.31 bits per heavy atom. The molecule has 3 rings (SSSR count). The first kappa shape index (κ1) is 24.6. The predicted molar refractivity (Wildman–Crippen MR) is 116 cm³/mol. The zero-order valence-corrected chi connectivity index (χ0v) is 19.3. The molecular formula is C21H32N4O6S. The maximum atomic E-state index is 13.0. The Balaban J connectivity index is 1.56. The van der Waals surface area contributed by atoms with Crippen LogP contribution in [0.2, 0.25) is 0 Å². The summed E-state index contributed by atoms with van der Waals surface area (Å²) in [7, 11) is 0. The first-order valence-corrected chi connectivity index (χ1v) is 12.1. The standard InChI is InChI=1S/C21H32N4O6S/c1-12(2)8-15(24-21(28)31-16-10-30-20-14(16)5-7-29-20)19(27)25-17(32-11-22)9-13-4-3-6-23-18(13)26/h12-17,20H,3-10H2,1-2H3,(H,23,26)(H,24,28)(H,25,27)/t13?,14-,15+,16-,17-,20+/m1/s1. The number of thiocyanates is 1. The van der Waals surface area contributed by atoms with Gasteiger partial charge in [-0.1, -0.05) is 13.8 Å². The Morgan fingerprint density at radius 3 is 2.84 bits per heavy atom. The van der Waals surface area contributed by atoms with Crippen LogP contribution in [0.4, 0.5) is 4.79 Å². The second-order valence-corrected chi connectivity index (χ2v) is 9.85. The number of fused-ring (bicyclic) bond motifs is 1. The normalized spacial score (nSPS) is 28.9. The molecule has 6 atom stereocenters. The highest BCUT2D eigenvalue weighted by molar-refractivity contribution is 8.04. The highest BCUT2D eigenvalue weighted by atomic mass is 32.2. The summed E-state index contributed by atoms with van der Waals surface area (Å²) in [6.07, 6.45) is 1.71. The number of nitrogens with zero attached hydrogens (tertiary/aromatic N) is 1. The molecule has 3 fully saturated rings. The molecule has 0 aromatic rings. The molecule has 3 N–H and O–H groups in total. The lowest BCUT2D eigenvalue weighted by Crippen LogP contribution is -2.51. The molecule has 3 aliphatic heterocycles. The third kappa shape index (κ3) is 6.73. The van der Waals surface area contributed by atoms with E-state index in [1.807, 2.05) is 19.2 Å². The highest BCUT2D eigenvalue weighted by Crippen LogP contribution is 2.33. The van der Waals surface area contributed by atoms with Crippen molar-refractivity contribution in [2.24, 2.45) is 17.8 Å². The van der Waals surface area contributed by atoms with Crippen LogP contribution in [0.25, 0.3) is 0 Å². The van der Waals surface area contributed by atoms with E-state index in [-0.39, 0.29) is 36.6 Å². The van der Waals surface area contributed by atoms with E-state index in [0.717, 1.165) is 31.0 Å². The zero-order chi connectivity index (χ0) is 23.1. The second-order valence-electron chi connectivity index (χ2n) is 8.87. The molecule has 0 aromatic carbocycles. The van der Waals surface area contributed by atoms with E-state index in [9.17, 15) is 14.4 Å². The molecule has 11 heteroatoms. The van der Waals surface area contributed by atoms with Crippen molar-refractivity contribution in [2.45, 2.75) is 69.8 Å². The van der Waals surface area contributed by atoms with E-state index in [1.165, 1.54) is 0 Å². The minimum absolute atomic E-state index is 0.0103. The van der Waals surface area contributed by atoms with E-state index in [4.69, 9.17) is 19.5 Å². The number of piperidine rings is 1. The smallest absolute Gasteiger partial charge is 0.408 e. The molecule has 3 heterocycles. The van der Waals surface area contributed by atoms with Crippen LogP contribution >= 0.6 is 11.8 Å². The van der Waals surface area contributed by atoms with E-state index in [1.54, 1.807) is 0 Å². The first-order valence-electron chi connectivity index (χ1n) is 11.2. The highest BCUT2D eigenvalue weighted by Gasteiger charge is 2.44. The van der Waals surface area contributed by atoms with Crippen molar-refractivity contribution < 1.29 is 28.6 Å². The van der Waals surface area contributed by atoms with Crippen LogP contribution in [0.1, 0.15) is 46.0 Å². The molecule has 32 heavy (non-hydrogen) atoms. The fourth-order valence-corrected chi connectivity index (χ4v) is 4.97. The van der Waals surface area contributed by atoms with Gasteiger partial charge in [-0.25, -0.2) is 4.79 Å². The van der Waals surface area contributed by atoms with Crippen molar-refractivity contribution in [2.75, 3.05) is 19.8 Å². The molecule has 3 aliphatic rings. The van der Waals surface area contributed by atoms with E-state index >= 15 is 0 Å². The number of hydrogen-bond acceptors (Lipinski definition) is 8. The molecular weight excluding hydrogens is 436 g/mol. The van der Waals surface area contributed by atoms with Crippen molar-refractivity contribution in [1.82, 2.24) is 16.0 Å². The molecule has 1 unspecified atom stereocenters. The lowest BCUT2D eigenvalue weighted by atomic mass is 9.95. The number of ether oxygens (including phenoxy) is 3. The van der Waals surface area contributed by atoms with Gasteiger partial charge in [0.25, 0.3) is 0 Å². The van der Waals surface area contributed by atoms with E-state index < -0.39 is 29.5 Å². The lowest BCUT2D eigenvalue weighted by molar-refractivity contribution is -0.128. The summed E-state index contributed by atoms with van der Waals surface area (Å²) < 4.78 is 16.5. The van der Waals surface area contributed by atoms with Crippen LogP contribution in [0.15, 0.2) is 0 Å². The summed E-state index contributed by atoms with van der Waals surface area (Å²) in [6.45, 7) is 5.40. The molecule has 10 nitrogen and oxygen atoms in total. The molecule has 0 saturated carbocycles. The zero-order valence-electron chi connectivity index (χ0n) is 18.5. The van der Waals surface area contributed by atoms with Gasteiger partial charge in [-0.3, -0.25) is 9.59 Å². The van der Waals surface area contributed by atoms with Crippen LogP contribution < -0.4 is 16.0 Å².